The van der Waals surface area contributed by atoms with E-state index in [1.165, 1.54) is 0 Å². The Morgan fingerprint density at radius 2 is 1.60 bits per heavy atom. The second kappa shape index (κ2) is 9.24. The van der Waals surface area contributed by atoms with E-state index in [2.05, 4.69) is 23.2 Å². The minimum absolute atomic E-state index is 0.312. The van der Waals surface area contributed by atoms with E-state index in [-0.39, 0.29) is 5.56 Å². The molecule has 35 heavy (non-hydrogen) atoms. The average Bonchev–Trinajstić information content (AvgIpc) is 2.92. The van der Waals surface area contributed by atoms with Gasteiger partial charge in [-0.3, -0.25) is 4.79 Å². The first-order chi connectivity index (χ1) is 17.3. The van der Waals surface area contributed by atoms with Crippen LogP contribution in [-0.4, -0.2) is 31.3 Å². The molecular weight excluding hydrogens is 440 g/mol. The van der Waals surface area contributed by atoms with E-state index in [0.29, 0.717) is 55.6 Å². The maximum atomic E-state index is 13.1. The molecule has 174 valence electrons. The molecule has 0 atom stereocenters. The van der Waals surface area contributed by atoms with Gasteiger partial charge in [0.2, 0.25) is 0 Å². The molecule has 1 fully saturated rings. The van der Waals surface area contributed by atoms with Gasteiger partial charge in [0, 0.05) is 13.1 Å². The first-order valence-corrected chi connectivity index (χ1v) is 11.7. The fraction of sp³-hybridized carbons (Fsp3) is 0.172. The van der Waals surface area contributed by atoms with Gasteiger partial charge in [-0.15, -0.1) is 0 Å². The zero-order valence-electron chi connectivity index (χ0n) is 19.1. The summed E-state index contributed by atoms with van der Waals surface area (Å²) < 4.78 is 18.2. The van der Waals surface area contributed by atoms with Crippen molar-refractivity contribution in [1.82, 2.24) is 4.98 Å². The summed E-state index contributed by atoms with van der Waals surface area (Å²) in [4.78, 5) is 19.3. The van der Waals surface area contributed by atoms with Crippen LogP contribution in [0.3, 0.4) is 0 Å². The molecule has 1 aliphatic heterocycles. The molecule has 6 nitrogen and oxygen atoms in total. The number of benzene rings is 4. The summed E-state index contributed by atoms with van der Waals surface area (Å²) in [6.45, 7) is 2.78. The normalized spacial score (nSPS) is 13.9. The largest absolute Gasteiger partial charge is 0.488 e. The number of aromatic nitrogens is 1. The maximum Gasteiger partial charge on any atom is 0.301 e. The summed E-state index contributed by atoms with van der Waals surface area (Å²) in [5.74, 6) is 0.653. The van der Waals surface area contributed by atoms with Gasteiger partial charge in [-0.2, -0.15) is 4.98 Å². The summed E-state index contributed by atoms with van der Waals surface area (Å²) in [5, 5.41) is 2.58. The lowest BCUT2D eigenvalue weighted by atomic mass is 9.96. The summed E-state index contributed by atoms with van der Waals surface area (Å²) in [6.07, 6.45) is 0. The molecule has 1 aliphatic rings. The Bertz CT molecular complexity index is 1550. The third-order valence-electron chi connectivity index (χ3n) is 6.32. The van der Waals surface area contributed by atoms with Crippen LogP contribution in [0.5, 0.6) is 5.75 Å². The molecule has 4 aromatic carbocycles. The van der Waals surface area contributed by atoms with E-state index in [1.807, 2.05) is 65.6 Å². The predicted molar refractivity (Wildman–Crippen MR) is 137 cm³/mol. The lowest BCUT2D eigenvalue weighted by Crippen LogP contribution is -2.37. The van der Waals surface area contributed by atoms with Crippen molar-refractivity contribution < 1.29 is 13.9 Å². The minimum atomic E-state index is -0.316. The lowest BCUT2D eigenvalue weighted by molar-refractivity contribution is 0.120. The van der Waals surface area contributed by atoms with E-state index in [1.54, 1.807) is 6.07 Å². The van der Waals surface area contributed by atoms with Crippen LogP contribution in [0.25, 0.3) is 32.9 Å². The van der Waals surface area contributed by atoms with Crippen molar-refractivity contribution in [1.29, 1.82) is 0 Å². The molecule has 1 saturated heterocycles. The molecule has 0 amide bonds. The Kier molecular flexibility index (Phi) is 5.64. The fourth-order valence-corrected chi connectivity index (χ4v) is 4.54. The number of anilines is 1. The van der Waals surface area contributed by atoms with Crippen molar-refractivity contribution in [2.24, 2.45) is 0 Å². The fourth-order valence-electron chi connectivity index (χ4n) is 4.54. The summed E-state index contributed by atoms with van der Waals surface area (Å²) >= 11 is 0. The van der Waals surface area contributed by atoms with Crippen molar-refractivity contribution in [3.05, 3.63) is 101 Å². The molecule has 0 aliphatic carbocycles. The second-order valence-electron chi connectivity index (χ2n) is 8.52. The van der Waals surface area contributed by atoms with Crippen LogP contribution >= 0.6 is 0 Å². The molecule has 6 heteroatoms. The molecule has 6 rings (SSSR count). The highest BCUT2D eigenvalue weighted by molar-refractivity contribution is 6.05. The third kappa shape index (κ3) is 4.13. The summed E-state index contributed by atoms with van der Waals surface area (Å²) in [6, 6.07) is 28.2. The number of fused-ring (bicyclic) bond motifs is 2. The zero-order chi connectivity index (χ0) is 23.6. The molecule has 0 bridgehead atoms. The molecule has 5 aromatic rings. The number of ether oxygens (including phenoxy) is 2. The highest BCUT2D eigenvalue weighted by Gasteiger charge is 2.22. The molecular formula is C29H24N2O4. The standard InChI is InChI=1S/C29H24N2O4/c32-28-24-13-14-25(34-19-20-7-2-1-3-8-20)26(23-12-6-10-21-9-4-5-11-22(21)23)27(24)35-29(30-28)31-15-17-33-18-16-31/h1-14H,15-19H2. The predicted octanol–water partition coefficient (Wildman–Crippen LogP) is 5.42. The maximum absolute atomic E-state index is 13.1. The molecule has 2 heterocycles. The highest BCUT2D eigenvalue weighted by Crippen LogP contribution is 2.41. The van der Waals surface area contributed by atoms with Crippen LogP contribution in [0.15, 0.2) is 94.1 Å². The Balaban J connectivity index is 1.58. The zero-order valence-corrected chi connectivity index (χ0v) is 19.1. The van der Waals surface area contributed by atoms with Crippen molar-refractivity contribution in [3.63, 3.8) is 0 Å². The van der Waals surface area contributed by atoms with Crippen LogP contribution in [0, 0.1) is 0 Å². The van der Waals surface area contributed by atoms with Crippen molar-refractivity contribution in [3.8, 4) is 16.9 Å². The second-order valence-corrected chi connectivity index (χ2v) is 8.52. The quantitative estimate of drug-likeness (QED) is 0.346. The monoisotopic (exact) mass is 464 g/mol. The molecule has 0 unspecified atom stereocenters. The Labute approximate surface area is 202 Å². The van der Waals surface area contributed by atoms with Crippen molar-refractivity contribution in [2.75, 3.05) is 31.2 Å². The first kappa shape index (κ1) is 21.4. The molecule has 0 saturated carbocycles. The van der Waals surface area contributed by atoms with Gasteiger partial charge >= 0.3 is 6.01 Å². The molecule has 0 radical (unpaired) electrons. The summed E-state index contributed by atoms with van der Waals surface area (Å²) in [5.41, 5.74) is 2.92. The van der Waals surface area contributed by atoms with Gasteiger partial charge < -0.3 is 18.8 Å². The van der Waals surface area contributed by atoms with Crippen LogP contribution < -0.4 is 15.2 Å². The summed E-state index contributed by atoms with van der Waals surface area (Å²) in [7, 11) is 0. The van der Waals surface area contributed by atoms with Crippen LogP contribution in [-0.2, 0) is 11.3 Å². The number of hydrogen-bond donors (Lipinski definition) is 0. The third-order valence-corrected chi connectivity index (χ3v) is 6.32. The highest BCUT2D eigenvalue weighted by atomic mass is 16.5. The van der Waals surface area contributed by atoms with Crippen LogP contribution in [0.1, 0.15) is 5.56 Å². The molecule has 0 spiro atoms. The van der Waals surface area contributed by atoms with Crippen LogP contribution in [0.2, 0.25) is 0 Å². The van der Waals surface area contributed by atoms with Gasteiger partial charge in [-0.25, -0.2) is 0 Å². The van der Waals surface area contributed by atoms with Crippen molar-refractivity contribution in [2.45, 2.75) is 6.61 Å². The Morgan fingerprint density at radius 3 is 2.46 bits per heavy atom. The number of morpholine rings is 1. The first-order valence-electron chi connectivity index (χ1n) is 11.7. The average molecular weight is 465 g/mol. The number of nitrogens with zero attached hydrogens (tertiary/aromatic N) is 2. The lowest BCUT2D eigenvalue weighted by Gasteiger charge is -2.26. The number of hydrogen-bond acceptors (Lipinski definition) is 6. The van der Waals surface area contributed by atoms with Gasteiger partial charge in [-0.05, 0) is 34.0 Å². The molecule has 0 N–H and O–H groups in total. The Hall–Kier alpha value is -4.16. The van der Waals surface area contributed by atoms with E-state index >= 15 is 0 Å². The van der Waals surface area contributed by atoms with Crippen LogP contribution in [0.4, 0.5) is 6.01 Å². The van der Waals surface area contributed by atoms with Gasteiger partial charge in [0.25, 0.3) is 5.56 Å². The van der Waals surface area contributed by atoms with E-state index < -0.39 is 0 Å². The Morgan fingerprint density at radius 1 is 0.829 bits per heavy atom. The van der Waals surface area contributed by atoms with Gasteiger partial charge in [0.15, 0.2) is 5.58 Å². The van der Waals surface area contributed by atoms with E-state index in [4.69, 9.17) is 13.9 Å². The topological polar surface area (TPSA) is 64.8 Å². The SMILES string of the molecule is O=c1nc(N2CCOCC2)oc2c(-c3cccc4ccccc34)c(OCc3ccccc3)ccc12. The van der Waals surface area contributed by atoms with Gasteiger partial charge in [0.05, 0.1) is 24.2 Å². The molecule has 1 aromatic heterocycles. The minimum Gasteiger partial charge on any atom is -0.488 e. The van der Waals surface area contributed by atoms with Gasteiger partial charge in [-0.1, -0.05) is 72.8 Å². The van der Waals surface area contributed by atoms with E-state index in [0.717, 1.165) is 27.5 Å². The van der Waals surface area contributed by atoms with Crippen molar-refractivity contribution >= 4 is 27.8 Å². The number of rotatable bonds is 5. The van der Waals surface area contributed by atoms with E-state index in [9.17, 15) is 4.79 Å². The van der Waals surface area contributed by atoms with Gasteiger partial charge in [0.1, 0.15) is 12.4 Å². The smallest absolute Gasteiger partial charge is 0.301 e.